The Hall–Kier alpha value is -0.870. The highest BCUT2D eigenvalue weighted by Crippen LogP contribution is 2.28. The quantitative estimate of drug-likeness (QED) is 0.788. The summed E-state index contributed by atoms with van der Waals surface area (Å²) in [6.45, 7) is 9.48. The summed E-state index contributed by atoms with van der Waals surface area (Å²) in [6, 6.07) is 2.51. The van der Waals surface area contributed by atoms with E-state index in [4.69, 9.17) is 5.73 Å². The maximum Gasteiger partial charge on any atom is 0.0776 e. The average Bonchev–Trinajstić information content (AvgIpc) is 2.46. The van der Waals surface area contributed by atoms with Gasteiger partial charge in [-0.3, -0.25) is 9.58 Å². The molecule has 2 N–H and O–H groups in total. The molecule has 1 aromatic heterocycles. The van der Waals surface area contributed by atoms with Crippen LogP contribution in [-0.2, 0) is 6.54 Å². The molecule has 2 heterocycles. The Kier molecular flexibility index (Phi) is 2.56. The van der Waals surface area contributed by atoms with E-state index in [2.05, 4.69) is 35.5 Å². The SMILES string of the molecule is CC(C)(C)N1CC(n2nccc2CN)C1. The molecule has 1 aliphatic heterocycles. The van der Waals surface area contributed by atoms with Crippen LogP contribution in [0.4, 0.5) is 0 Å². The molecular formula is C11H20N4. The maximum atomic E-state index is 5.66. The predicted octanol–water partition coefficient (Wildman–Crippen LogP) is 0.997. The maximum absolute atomic E-state index is 5.66. The summed E-state index contributed by atoms with van der Waals surface area (Å²) in [5.41, 5.74) is 7.06. The zero-order valence-corrected chi connectivity index (χ0v) is 9.77. The van der Waals surface area contributed by atoms with Gasteiger partial charge in [0.2, 0.25) is 0 Å². The first-order valence-corrected chi connectivity index (χ1v) is 5.50. The lowest BCUT2D eigenvalue weighted by Gasteiger charge is -2.47. The first kappa shape index (κ1) is 10.6. The van der Waals surface area contributed by atoms with Crippen LogP contribution in [0.15, 0.2) is 12.3 Å². The smallest absolute Gasteiger partial charge is 0.0776 e. The Morgan fingerprint density at radius 2 is 2.13 bits per heavy atom. The van der Waals surface area contributed by atoms with Crippen LogP contribution in [0.1, 0.15) is 32.5 Å². The number of nitrogens with zero attached hydrogens (tertiary/aromatic N) is 3. The molecule has 15 heavy (non-hydrogen) atoms. The van der Waals surface area contributed by atoms with Crippen molar-refractivity contribution >= 4 is 0 Å². The number of hydrogen-bond acceptors (Lipinski definition) is 3. The van der Waals surface area contributed by atoms with Gasteiger partial charge in [-0.2, -0.15) is 5.10 Å². The van der Waals surface area contributed by atoms with Crippen molar-refractivity contribution in [1.29, 1.82) is 0 Å². The third kappa shape index (κ3) is 1.92. The monoisotopic (exact) mass is 208 g/mol. The van der Waals surface area contributed by atoms with Crippen molar-refractivity contribution in [2.45, 2.75) is 38.9 Å². The molecule has 1 aromatic rings. The van der Waals surface area contributed by atoms with Gasteiger partial charge in [-0.05, 0) is 26.8 Å². The van der Waals surface area contributed by atoms with Crippen molar-refractivity contribution in [3.63, 3.8) is 0 Å². The number of aromatic nitrogens is 2. The van der Waals surface area contributed by atoms with E-state index in [1.54, 1.807) is 0 Å². The number of hydrogen-bond donors (Lipinski definition) is 1. The van der Waals surface area contributed by atoms with E-state index in [0.717, 1.165) is 18.8 Å². The fourth-order valence-electron chi connectivity index (χ4n) is 1.99. The molecule has 1 aliphatic rings. The van der Waals surface area contributed by atoms with Crippen molar-refractivity contribution < 1.29 is 0 Å². The highest BCUT2D eigenvalue weighted by atomic mass is 15.4. The van der Waals surface area contributed by atoms with Crippen molar-refractivity contribution in [3.05, 3.63) is 18.0 Å². The van der Waals surface area contributed by atoms with Gasteiger partial charge >= 0.3 is 0 Å². The molecule has 1 fully saturated rings. The number of rotatable bonds is 2. The molecule has 4 heteroatoms. The second-order valence-electron chi connectivity index (χ2n) is 5.20. The summed E-state index contributed by atoms with van der Waals surface area (Å²) in [6.07, 6.45) is 1.84. The van der Waals surface area contributed by atoms with Crippen molar-refractivity contribution in [1.82, 2.24) is 14.7 Å². The normalized spacial score (nSPS) is 19.2. The molecule has 0 unspecified atom stereocenters. The van der Waals surface area contributed by atoms with E-state index < -0.39 is 0 Å². The summed E-state index contributed by atoms with van der Waals surface area (Å²) in [7, 11) is 0. The van der Waals surface area contributed by atoms with Gasteiger partial charge in [0.1, 0.15) is 0 Å². The zero-order chi connectivity index (χ0) is 11.1. The Morgan fingerprint density at radius 3 is 2.67 bits per heavy atom. The van der Waals surface area contributed by atoms with E-state index >= 15 is 0 Å². The first-order chi connectivity index (χ1) is 7.02. The van der Waals surface area contributed by atoms with Gasteiger partial charge in [-0.1, -0.05) is 0 Å². The molecule has 0 amide bonds. The number of nitrogens with two attached hydrogens (primary N) is 1. The molecule has 0 spiro atoms. The third-order valence-corrected chi connectivity index (χ3v) is 3.12. The van der Waals surface area contributed by atoms with E-state index in [1.165, 1.54) is 0 Å². The highest BCUT2D eigenvalue weighted by Gasteiger charge is 2.36. The van der Waals surface area contributed by atoms with Crippen LogP contribution in [0.5, 0.6) is 0 Å². The second-order valence-corrected chi connectivity index (χ2v) is 5.20. The van der Waals surface area contributed by atoms with Crippen molar-refractivity contribution in [2.75, 3.05) is 13.1 Å². The first-order valence-electron chi connectivity index (χ1n) is 5.50. The second kappa shape index (κ2) is 3.61. The van der Waals surface area contributed by atoms with Gasteiger partial charge in [0.05, 0.1) is 11.7 Å². The van der Waals surface area contributed by atoms with Gasteiger partial charge in [-0.15, -0.1) is 0 Å². The number of likely N-dealkylation sites (tertiary alicyclic amines) is 1. The van der Waals surface area contributed by atoms with E-state index in [-0.39, 0.29) is 5.54 Å². The van der Waals surface area contributed by atoms with Crippen LogP contribution < -0.4 is 5.73 Å². The largest absolute Gasteiger partial charge is 0.325 e. The summed E-state index contributed by atoms with van der Waals surface area (Å²) < 4.78 is 2.07. The predicted molar refractivity (Wildman–Crippen MR) is 60.5 cm³/mol. The summed E-state index contributed by atoms with van der Waals surface area (Å²) in [5.74, 6) is 0. The molecule has 84 valence electrons. The Balaban J connectivity index is 2.00. The molecule has 0 aromatic carbocycles. The summed E-state index contributed by atoms with van der Waals surface area (Å²) in [4.78, 5) is 2.46. The average molecular weight is 208 g/mol. The van der Waals surface area contributed by atoms with Crippen LogP contribution >= 0.6 is 0 Å². The van der Waals surface area contributed by atoms with Gasteiger partial charge in [0.25, 0.3) is 0 Å². The topological polar surface area (TPSA) is 47.1 Å². The lowest BCUT2D eigenvalue weighted by Crippen LogP contribution is -2.56. The van der Waals surface area contributed by atoms with Gasteiger partial charge < -0.3 is 5.73 Å². The molecule has 0 saturated carbocycles. The minimum absolute atomic E-state index is 0.270. The molecule has 1 saturated heterocycles. The Labute approximate surface area is 91.1 Å². The van der Waals surface area contributed by atoms with Crippen LogP contribution in [0, 0.1) is 0 Å². The third-order valence-electron chi connectivity index (χ3n) is 3.12. The van der Waals surface area contributed by atoms with Crippen LogP contribution in [-0.4, -0.2) is 33.3 Å². The lowest BCUT2D eigenvalue weighted by molar-refractivity contribution is 0.0144. The zero-order valence-electron chi connectivity index (χ0n) is 9.77. The molecule has 2 rings (SSSR count). The Bertz CT molecular complexity index is 331. The molecule has 0 aliphatic carbocycles. The molecule has 0 bridgehead atoms. The highest BCUT2D eigenvalue weighted by molar-refractivity contribution is 5.04. The Morgan fingerprint density at radius 1 is 1.47 bits per heavy atom. The van der Waals surface area contributed by atoms with Gasteiger partial charge in [0, 0.05) is 31.4 Å². The summed E-state index contributed by atoms with van der Waals surface area (Å²) in [5, 5.41) is 4.34. The standard InChI is InChI=1S/C11H20N4/c1-11(2,3)14-7-10(8-14)15-9(6-12)4-5-13-15/h4-5,10H,6-8,12H2,1-3H3. The minimum Gasteiger partial charge on any atom is -0.325 e. The fourth-order valence-corrected chi connectivity index (χ4v) is 1.99. The van der Waals surface area contributed by atoms with Crippen molar-refractivity contribution in [2.24, 2.45) is 5.73 Å². The van der Waals surface area contributed by atoms with E-state index in [0.29, 0.717) is 12.6 Å². The van der Waals surface area contributed by atoms with Gasteiger partial charge in [-0.25, -0.2) is 0 Å². The van der Waals surface area contributed by atoms with Crippen molar-refractivity contribution in [3.8, 4) is 0 Å². The van der Waals surface area contributed by atoms with Crippen LogP contribution in [0.2, 0.25) is 0 Å². The lowest BCUT2D eigenvalue weighted by atomic mass is 9.97. The molecule has 0 atom stereocenters. The van der Waals surface area contributed by atoms with Crippen LogP contribution in [0.3, 0.4) is 0 Å². The molecule has 0 radical (unpaired) electrons. The summed E-state index contributed by atoms with van der Waals surface area (Å²) >= 11 is 0. The molecule has 4 nitrogen and oxygen atoms in total. The van der Waals surface area contributed by atoms with E-state index in [9.17, 15) is 0 Å². The minimum atomic E-state index is 0.270. The van der Waals surface area contributed by atoms with Crippen LogP contribution in [0.25, 0.3) is 0 Å². The van der Waals surface area contributed by atoms with Gasteiger partial charge in [0.15, 0.2) is 0 Å². The molecular weight excluding hydrogens is 188 g/mol. The fraction of sp³-hybridized carbons (Fsp3) is 0.727. The van der Waals surface area contributed by atoms with E-state index in [1.807, 2.05) is 12.3 Å².